The van der Waals surface area contributed by atoms with Crippen LogP contribution in [0.25, 0.3) is 21.8 Å². The van der Waals surface area contributed by atoms with E-state index in [0.29, 0.717) is 43.3 Å². The minimum atomic E-state index is -0.846. The van der Waals surface area contributed by atoms with Crippen LogP contribution in [-0.2, 0) is 54.0 Å². The van der Waals surface area contributed by atoms with Crippen molar-refractivity contribution in [2.24, 2.45) is 37.8 Å². The zero-order valence-corrected chi connectivity index (χ0v) is 33.3. The van der Waals surface area contributed by atoms with Crippen molar-refractivity contribution < 1.29 is 29.0 Å². The second-order valence-electron chi connectivity index (χ2n) is 16.4. The van der Waals surface area contributed by atoms with Crippen LogP contribution in [0.3, 0.4) is 0 Å². The normalized spacial score (nSPS) is 20.4. The molecule has 55 heavy (non-hydrogen) atoms. The van der Waals surface area contributed by atoms with Crippen molar-refractivity contribution >= 4 is 39.6 Å². The van der Waals surface area contributed by atoms with E-state index in [2.05, 4.69) is 40.7 Å². The molecule has 4 aliphatic rings. The average molecular weight is 753 g/mol. The van der Waals surface area contributed by atoms with Gasteiger partial charge in [0.15, 0.2) is 0 Å². The molecule has 0 radical (unpaired) electrons. The fourth-order valence-corrected chi connectivity index (χ4v) is 10.1. The number of aromatic carboxylic acids is 1. The molecule has 4 heterocycles. The second-order valence-corrected chi connectivity index (χ2v) is 16.4. The van der Waals surface area contributed by atoms with Gasteiger partial charge >= 0.3 is 5.97 Å². The Labute approximate surface area is 325 Å². The highest BCUT2D eigenvalue weighted by atomic mass is 16.5. The molecule has 2 aromatic carbocycles. The molecule has 2 aromatic heterocycles. The fraction of sp³-hybridized carbons (Fsp3) is 0.578. The lowest BCUT2D eigenvalue weighted by atomic mass is 9.75. The van der Waals surface area contributed by atoms with Gasteiger partial charge in [0.25, 0.3) is 5.91 Å². The minimum Gasteiger partial charge on any atom is -0.478 e. The first-order valence-corrected chi connectivity index (χ1v) is 20.8. The van der Waals surface area contributed by atoms with Gasteiger partial charge in [0.1, 0.15) is 0 Å². The topological polar surface area (TPSA) is 115 Å². The number of benzene rings is 2. The number of fused-ring (bicyclic) bond motifs is 6. The van der Waals surface area contributed by atoms with Crippen molar-refractivity contribution in [1.82, 2.24) is 19.4 Å². The SMILES string of the molecule is CCNC(=O)CCCN(C)C(=O)c1ccc2c(c1)c1c(n2C)CCC(C2CCOCC2)C1.Cn1c2c(c3cc(C(=O)O)ccc31)CC(C1CCOCC1)CC2. The van der Waals surface area contributed by atoms with Crippen LogP contribution in [-0.4, -0.2) is 83.5 Å². The number of carbonyl (C=O) groups is 3. The van der Waals surface area contributed by atoms with E-state index in [9.17, 15) is 19.5 Å². The van der Waals surface area contributed by atoms with Gasteiger partial charge in [-0.3, -0.25) is 9.59 Å². The summed E-state index contributed by atoms with van der Waals surface area (Å²) >= 11 is 0. The molecule has 2 unspecified atom stereocenters. The van der Waals surface area contributed by atoms with Crippen molar-refractivity contribution in [3.8, 4) is 0 Å². The number of hydrogen-bond acceptors (Lipinski definition) is 5. The number of carbonyl (C=O) groups excluding carboxylic acids is 2. The van der Waals surface area contributed by atoms with Crippen molar-refractivity contribution in [3.05, 3.63) is 70.0 Å². The van der Waals surface area contributed by atoms with Crippen molar-refractivity contribution in [2.45, 2.75) is 84.0 Å². The maximum Gasteiger partial charge on any atom is 0.335 e. The van der Waals surface area contributed by atoms with E-state index in [4.69, 9.17) is 9.47 Å². The number of aryl methyl sites for hydroxylation is 2. The monoisotopic (exact) mass is 752 g/mol. The summed E-state index contributed by atoms with van der Waals surface area (Å²) in [4.78, 5) is 37.8. The van der Waals surface area contributed by atoms with Gasteiger partial charge < -0.3 is 33.9 Å². The summed E-state index contributed by atoms with van der Waals surface area (Å²) in [5.41, 5.74) is 9.16. The van der Waals surface area contributed by atoms with Gasteiger partial charge in [-0.1, -0.05) is 0 Å². The maximum absolute atomic E-state index is 13.1. The van der Waals surface area contributed by atoms with E-state index < -0.39 is 5.97 Å². The van der Waals surface area contributed by atoms with Crippen molar-refractivity contribution in [1.29, 1.82) is 0 Å². The van der Waals surface area contributed by atoms with Crippen LogP contribution < -0.4 is 5.32 Å². The average Bonchev–Trinajstić information content (AvgIpc) is 3.66. The number of hydrogen-bond donors (Lipinski definition) is 2. The van der Waals surface area contributed by atoms with Crippen LogP contribution in [0.1, 0.15) is 102 Å². The predicted octanol–water partition coefficient (Wildman–Crippen LogP) is 7.11. The molecule has 8 rings (SSSR count). The molecule has 2 atom stereocenters. The number of ether oxygens (including phenoxy) is 2. The van der Waals surface area contributed by atoms with Gasteiger partial charge in [-0.05, 0) is 149 Å². The number of amides is 2. The molecule has 10 heteroatoms. The summed E-state index contributed by atoms with van der Waals surface area (Å²) in [6, 6.07) is 11.7. The van der Waals surface area contributed by atoms with E-state index in [0.717, 1.165) is 80.4 Å². The lowest BCUT2D eigenvalue weighted by molar-refractivity contribution is -0.121. The molecular formula is C45H60N4O6. The molecule has 10 nitrogen and oxygen atoms in total. The Hall–Kier alpha value is -4.15. The molecular weight excluding hydrogens is 693 g/mol. The Bertz CT molecular complexity index is 2020. The molecule has 0 spiro atoms. The quantitative estimate of drug-likeness (QED) is 0.189. The lowest BCUT2D eigenvalue weighted by Crippen LogP contribution is -2.29. The molecule has 2 aliphatic heterocycles. The molecule has 2 fully saturated rings. The highest BCUT2D eigenvalue weighted by molar-refractivity contribution is 5.99. The maximum atomic E-state index is 13.1. The predicted molar refractivity (Wildman–Crippen MR) is 216 cm³/mol. The van der Waals surface area contributed by atoms with E-state index >= 15 is 0 Å². The Morgan fingerprint density at radius 2 is 1.24 bits per heavy atom. The van der Waals surface area contributed by atoms with Gasteiger partial charge in [-0.2, -0.15) is 0 Å². The van der Waals surface area contributed by atoms with E-state index in [1.807, 2.05) is 32.2 Å². The number of carboxylic acid groups (broad SMARTS) is 1. The Morgan fingerprint density at radius 1 is 0.745 bits per heavy atom. The summed E-state index contributed by atoms with van der Waals surface area (Å²) in [5.74, 6) is 2.17. The lowest BCUT2D eigenvalue weighted by Gasteiger charge is -2.33. The zero-order valence-electron chi connectivity index (χ0n) is 33.3. The summed E-state index contributed by atoms with van der Waals surface area (Å²) < 4.78 is 15.7. The molecule has 2 amide bonds. The largest absolute Gasteiger partial charge is 0.478 e. The summed E-state index contributed by atoms with van der Waals surface area (Å²) in [6.45, 7) is 6.72. The minimum absolute atomic E-state index is 0.0252. The highest BCUT2D eigenvalue weighted by Gasteiger charge is 2.32. The first-order valence-electron chi connectivity index (χ1n) is 20.8. The Balaban J connectivity index is 0.000000178. The second kappa shape index (κ2) is 17.3. The van der Waals surface area contributed by atoms with E-state index in [1.165, 1.54) is 71.9 Å². The smallest absolute Gasteiger partial charge is 0.335 e. The van der Waals surface area contributed by atoms with Gasteiger partial charge in [-0.15, -0.1) is 0 Å². The number of carboxylic acids is 1. The zero-order chi connectivity index (χ0) is 38.6. The molecule has 296 valence electrons. The molecule has 0 bridgehead atoms. The third-order valence-corrected chi connectivity index (χ3v) is 13.3. The standard InChI is InChI=1S/C26H37N3O3.C19H23NO3/c1-4-27-25(30)6-5-13-28(2)26(31)20-8-10-24-22(17-20)21-16-19(7-9-23(21)29(24)3)18-11-14-32-15-12-18;1-20-17-4-2-13(12-6-8-23-9-7-12)10-15(17)16-11-14(19(21)22)3-5-18(16)20/h8,10,17-19H,4-7,9,11-16H2,1-3H3,(H,27,30);3,5,11-13H,2,4,6-10H2,1H3,(H,21,22). The first kappa shape index (κ1) is 39.1. The third kappa shape index (κ3) is 8.36. The van der Waals surface area contributed by atoms with Crippen LogP contribution in [0.5, 0.6) is 0 Å². The molecule has 2 N–H and O–H groups in total. The van der Waals surface area contributed by atoms with Gasteiger partial charge in [0.2, 0.25) is 5.91 Å². The summed E-state index contributed by atoms with van der Waals surface area (Å²) in [5, 5.41) is 14.5. The van der Waals surface area contributed by atoms with E-state index in [-0.39, 0.29) is 11.8 Å². The van der Waals surface area contributed by atoms with Crippen LogP contribution >= 0.6 is 0 Å². The number of nitrogens with zero attached hydrogens (tertiary/aromatic N) is 3. The van der Waals surface area contributed by atoms with Crippen molar-refractivity contribution in [2.75, 3.05) is 46.6 Å². The van der Waals surface area contributed by atoms with Crippen LogP contribution in [0.2, 0.25) is 0 Å². The molecule has 2 saturated heterocycles. The molecule has 0 saturated carbocycles. The van der Waals surface area contributed by atoms with Crippen LogP contribution in [0.4, 0.5) is 0 Å². The van der Waals surface area contributed by atoms with Gasteiger partial charge in [0.05, 0.1) is 5.56 Å². The Morgan fingerprint density at radius 3 is 1.73 bits per heavy atom. The van der Waals surface area contributed by atoms with Crippen molar-refractivity contribution in [3.63, 3.8) is 0 Å². The number of nitrogens with one attached hydrogen (secondary N) is 1. The van der Waals surface area contributed by atoms with Gasteiger partial charge in [0, 0.05) is 106 Å². The highest BCUT2D eigenvalue weighted by Crippen LogP contribution is 2.41. The van der Waals surface area contributed by atoms with Crippen LogP contribution in [0.15, 0.2) is 36.4 Å². The van der Waals surface area contributed by atoms with E-state index in [1.54, 1.807) is 11.0 Å². The summed E-state index contributed by atoms with van der Waals surface area (Å²) in [7, 11) is 6.09. The molecule has 4 aromatic rings. The van der Waals surface area contributed by atoms with Gasteiger partial charge in [-0.25, -0.2) is 4.79 Å². The summed E-state index contributed by atoms with van der Waals surface area (Å²) in [6.07, 6.45) is 12.7. The van der Waals surface area contributed by atoms with Crippen LogP contribution in [0, 0.1) is 23.7 Å². The molecule has 2 aliphatic carbocycles. The number of rotatable bonds is 9. The number of aromatic nitrogens is 2. The third-order valence-electron chi connectivity index (χ3n) is 13.3. The Kier molecular flexibility index (Phi) is 12.3. The first-order chi connectivity index (χ1) is 26.6. The fourth-order valence-electron chi connectivity index (χ4n) is 10.1.